The second-order valence-electron chi connectivity index (χ2n) is 5.09. The topological polar surface area (TPSA) is 9.23 Å². The zero-order valence-electron chi connectivity index (χ0n) is 12.1. The molecule has 0 bridgehead atoms. The molecule has 0 heterocycles. The Balaban J connectivity index is 2.68. The number of aryl methyl sites for hydroxylation is 2. The first-order valence-corrected chi connectivity index (χ1v) is 6.52. The van der Waals surface area contributed by atoms with Crippen LogP contribution in [0.3, 0.4) is 0 Å². The van der Waals surface area contributed by atoms with Crippen LogP contribution < -0.4 is 4.74 Å². The summed E-state index contributed by atoms with van der Waals surface area (Å²) in [6.07, 6.45) is -9.69. The Kier molecular flexibility index (Phi) is 4.32. The van der Waals surface area contributed by atoms with Gasteiger partial charge in [-0.25, -0.2) is 0 Å². The zero-order chi connectivity index (χ0) is 17.4. The molecule has 2 aromatic rings. The fourth-order valence-corrected chi connectivity index (χ4v) is 2.19. The molecular formula is C16H12F6O. The molecule has 0 aliphatic heterocycles. The molecule has 0 saturated carbocycles. The summed E-state index contributed by atoms with van der Waals surface area (Å²) in [6, 6.07) is 7.12. The van der Waals surface area contributed by atoms with E-state index in [0.717, 1.165) is 18.2 Å². The smallest absolute Gasteiger partial charge is 0.405 e. The summed E-state index contributed by atoms with van der Waals surface area (Å²) in [6.45, 7) is 2.99. The molecule has 0 unspecified atom stereocenters. The van der Waals surface area contributed by atoms with E-state index in [-0.39, 0.29) is 11.1 Å². The molecule has 1 nitrogen and oxygen atoms in total. The van der Waals surface area contributed by atoms with Crippen LogP contribution in [0.15, 0.2) is 36.4 Å². The molecule has 2 rings (SSSR count). The van der Waals surface area contributed by atoms with Crippen molar-refractivity contribution in [1.29, 1.82) is 0 Å². The molecule has 0 atom stereocenters. The van der Waals surface area contributed by atoms with E-state index in [0.29, 0.717) is 11.1 Å². The Morgan fingerprint density at radius 2 is 1.26 bits per heavy atom. The minimum absolute atomic E-state index is 0.264. The summed E-state index contributed by atoms with van der Waals surface area (Å²) in [5, 5.41) is 0. The molecule has 0 aliphatic rings. The Bertz CT molecular complexity index is 715. The van der Waals surface area contributed by atoms with Gasteiger partial charge in [-0.05, 0) is 37.1 Å². The lowest BCUT2D eigenvalue weighted by molar-refractivity contribution is -0.274. The minimum atomic E-state index is -4.99. The predicted molar refractivity (Wildman–Crippen MR) is 73.0 cm³/mol. The van der Waals surface area contributed by atoms with Crippen LogP contribution in [0.4, 0.5) is 26.3 Å². The monoisotopic (exact) mass is 334 g/mol. The van der Waals surface area contributed by atoms with Gasteiger partial charge in [-0.3, -0.25) is 0 Å². The van der Waals surface area contributed by atoms with Crippen molar-refractivity contribution in [3.8, 4) is 16.9 Å². The summed E-state index contributed by atoms with van der Waals surface area (Å²) in [5.74, 6) is -0.660. The standard InChI is InChI=1S/C16H12F6O/c1-9-3-5-11(13(7-9)15(17,18)19)12-6-4-10(2)8-14(12)23-16(20,21)22/h3-8H,1-2H3. The molecule has 23 heavy (non-hydrogen) atoms. The molecule has 0 aliphatic carbocycles. The van der Waals surface area contributed by atoms with Crippen molar-refractivity contribution in [2.75, 3.05) is 0 Å². The van der Waals surface area contributed by atoms with E-state index in [9.17, 15) is 26.3 Å². The molecule has 0 amide bonds. The van der Waals surface area contributed by atoms with Crippen molar-refractivity contribution < 1.29 is 31.1 Å². The Labute approximate surface area is 128 Å². The Morgan fingerprint density at radius 3 is 1.78 bits per heavy atom. The van der Waals surface area contributed by atoms with Gasteiger partial charge >= 0.3 is 12.5 Å². The van der Waals surface area contributed by atoms with Gasteiger partial charge in [0.2, 0.25) is 0 Å². The Morgan fingerprint density at radius 1 is 0.739 bits per heavy atom. The molecule has 2 aromatic carbocycles. The molecule has 7 heteroatoms. The molecule has 0 saturated heterocycles. The molecule has 0 fully saturated rings. The third kappa shape index (κ3) is 4.18. The highest BCUT2D eigenvalue weighted by molar-refractivity contribution is 5.74. The van der Waals surface area contributed by atoms with Crippen LogP contribution in [0.1, 0.15) is 16.7 Å². The van der Waals surface area contributed by atoms with Gasteiger partial charge in [-0.15, -0.1) is 13.2 Å². The number of alkyl halides is 6. The predicted octanol–water partition coefficient (Wildman–Crippen LogP) is 5.89. The van der Waals surface area contributed by atoms with Gasteiger partial charge in [0, 0.05) is 5.56 Å². The minimum Gasteiger partial charge on any atom is -0.405 e. The van der Waals surface area contributed by atoms with Crippen molar-refractivity contribution in [2.45, 2.75) is 26.4 Å². The van der Waals surface area contributed by atoms with E-state index in [4.69, 9.17) is 0 Å². The van der Waals surface area contributed by atoms with Gasteiger partial charge < -0.3 is 4.74 Å². The number of rotatable bonds is 2. The third-order valence-electron chi connectivity index (χ3n) is 3.13. The average Bonchev–Trinajstić information content (AvgIpc) is 2.36. The van der Waals surface area contributed by atoms with Crippen LogP contribution in [0.25, 0.3) is 11.1 Å². The van der Waals surface area contributed by atoms with Crippen LogP contribution in [-0.2, 0) is 6.18 Å². The van der Waals surface area contributed by atoms with Crippen molar-refractivity contribution in [1.82, 2.24) is 0 Å². The summed E-state index contributed by atoms with van der Waals surface area (Å²) >= 11 is 0. The van der Waals surface area contributed by atoms with Crippen LogP contribution >= 0.6 is 0 Å². The number of ether oxygens (including phenoxy) is 1. The number of benzene rings is 2. The lowest BCUT2D eigenvalue weighted by atomic mass is 9.96. The second kappa shape index (κ2) is 5.79. The molecule has 0 spiro atoms. The summed E-state index contributed by atoms with van der Waals surface area (Å²) in [4.78, 5) is 0. The molecule has 0 N–H and O–H groups in total. The van der Waals surface area contributed by atoms with Gasteiger partial charge in [-0.2, -0.15) is 13.2 Å². The largest absolute Gasteiger partial charge is 0.573 e. The molecule has 0 aromatic heterocycles. The summed E-state index contributed by atoms with van der Waals surface area (Å²) in [7, 11) is 0. The maximum absolute atomic E-state index is 13.2. The highest BCUT2D eigenvalue weighted by atomic mass is 19.4. The van der Waals surface area contributed by atoms with Crippen molar-refractivity contribution in [2.24, 2.45) is 0 Å². The molecule has 124 valence electrons. The van der Waals surface area contributed by atoms with Crippen LogP contribution in [0, 0.1) is 13.8 Å². The Hall–Kier alpha value is -2.18. The van der Waals surface area contributed by atoms with E-state index in [2.05, 4.69) is 4.74 Å². The first-order chi connectivity index (χ1) is 10.5. The van der Waals surface area contributed by atoms with Gasteiger partial charge in [0.05, 0.1) is 5.56 Å². The van der Waals surface area contributed by atoms with E-state index in [1.807, 2.05) is 0 Å². The van der Waals surface area contributed by atoms with Crippen molar-refractivity contribution in [3.05, 3.63) is 53.1 Å². The van der Waals surface area contributed by atoms with Crippen LogP contribution in [0.5, 0.6) is 5.75 Å². The van der Waals surface area contributed by atoms with E-state index >= 15 is 0 Å². The normalized spacial score (nSPS) is 12.3. The quantitative estimate of drug-likeness (QED) is 0.623. The number of hydrogen-bond acceptors (Lipinski definition) is 1. The molecule has 0 radical (unpaired) electrons. The lowest BCUT2D eigenvalue weighted by Gasteiger charge is -2.18. The van der Waals surface area contributed by atoms with E-state index in [1.54, 1.807) is 0 Å². The number of hydrogen-bond donors (Lipinski definition) is 0. The second-order valence-corrected chi connectivity index (χ2v) is 5.09. The fourth-order valence-electron chi connectivity index (χ4n) is 2.19. The summed E-state index contributed by atoms with van der Waals surface area (Å²) < 4.78 is 81.1. The lowest BCUT2D eigenvalue weighted by Crippen LogP contribution is -2.18. The van der Waals surface area contributed by atoms with Crippen molar-refractivity contribution in [3.63, 3.8) is 0 Å². The van der Waals surface area contributed by atoms with Crippen LogP contribution in [-0.4, -0.2) is 6.36 Å². The highest BCUT2D eigenvalue weighted by Crippen LogP contribution is 2.42. The fraction of sp³-hybridized carbons (Fsp3) is 0.250. The number of halogens is 6. The van der Waals surface area contributed by atoms with Gasteiger partial charge in [0.15, 0.2) is 0 Å². The van der Waals surface area contributed by atoms with Gasteiger partial charge in [0.25, 0.3) is 0 Å². The first-order valence-electron chi connectivity index (χ1n) is 6.52. The SMILES string of the molecule is Cc1ccc(-c2ccc(C)cc2C(F)(F)F)c(OC(F)(F)F)c1. The third-order valence-corrected chi connectivity index (χ3v) is 3.13. The van der Waals surface area contributed by atoms with Gasteiger partial charge in [-0.1, -0.05) is 29.8 Å². The zero-order valence-corrected chi connectivity index (χ0v) is 12.1. The molecular weight excluding hydrogens is 322 g/mol. The highest BCUT2D eigenvalue weighted by Gasteiger charge is 2.36. The maximum Gasteiger partial charge on any atom is 0.573 e. The van der Waals surface area contributed by atoms with Crippen molar-refractivity contribution >= 4 is 0 Å². The van der Waals surface area contributed by atoms with E-state index in [1.165, 1.54) is 32.0 Å². The first kappa shape index (κ1) is 17.2. The average molecular weight is 334 g/mol. The maximum atomic E-state index is 13.2. The van der Waals surface area contributed by atoms with Crippen LogP contribution in [0.2, 0.25) is 0 Å². The summed E-state index contributed by atoms with van der Waals surface area (Å²) in [5.41, 5.74) is -0.837. The van der Waals surface area contributed by atoms with Gasteiger partial charge in [0.1, 0.15) is 5.75 Å². The van der Waals surface area contributed by atoms with E-state index < -0.39 is 23.9 Å².